The van der Waals surface area contributed by atoms with Gasteiger partial charge in [-0.05, 0) is 53.1 Å². The molecular formula is C12H18BrClN2O2S2. The Morgan fingerprint density at radius 1 is 1.35 bits per heavy atom. The van der Waals surface area contributed by atoms with E-state index in [4.69, 9.17) is 0 Å². The van der Waals surface area contributed by atoms with Gasteiger partial charge in [0.05, 0.1) is 0 Å². The van der Waals surface area contributed by atoms with Crippen LogP contribution in [0.1, 0.15) is 25.7 Å². The molecule has 0 saturated carbocycles. The molecule has 0 spiro atoms. The number of nitrogens with zero attached hydrogens (tertiary/aromatic N) is 1. The van der Waals surface area contributed by atoms with Crippen LogP contribution in [0.25, 0.3) is 0 Å². The molecular weight excluding hydrogens is 384 g/mol. The van der Waals surface area contributed by atoms with Crippen LogP contribution in [0.4, 0.5) is 0 Å². The third-order valence-corrected chi connectivity index (χ3v) is 8.72. The summed E-state index contributed by atoms with van der Waals surface area (Å²) in [7, 11) is -1.65. The molecule has 4 nitrogen and oxygen atoms in total. The van der Waals surface area contributed by atoms with Crippen LogP contribution in [-0.4, -0.2) is 37.9 Å². The monoisotopic (exact) mass is 400 g/mol. The second kappa shape index (κ2) is 6.22. The minimum atomic E-state index is -3.37. The molecule has 1 aromatic heterocycles. The summed E-state index contributed by atoms with van der Waals surface area (Å²) >= 11 is 4.60. The number of rotatable bonds is 3. The lowest BCUT2D eigenvalue weighted by molar-refractivity contribution is 0.251. The van der Waals surface area contributed by atoms with E-state index in [2.05, 4.69) is 21.2 Å². The average Bonchev–Trinajstić information content (AvgIpc) is 2.94. The second-order valence-corrected chi connectivity index (χ2v) is 9.30. The minimum Gasteiger partial charge on any atom is -0.311 e. The zero-order valence-electron chi connectivity index (χ0n) is 11.1. The highest BCUT2D eigenvalue weighted by Gasteiger charge is 2.39. The van der Waals surface area contributed by atoms with Crippen molar-refractivity contribution in [1.82, 2.24) is 9.62 Å². The molecule has 114 valence electrons. The molecule has 3 heterocycles. The van der Waals surface area contributed by atoms with Crippen molar-refractivity contribution in [2.45, 2.75) is 48.0 Å². The van der Waals surface area contributed by atoms with Gasteiger partial charge in [-0.15, -0.1) is 23.7 Å². The third-order valence-electron chi connectivity index (χ3n) is 4.16. The minimum absolute atomic E-state index is 0. The lowest BCUT2D eigenvalue weighted by Gasteiger charge is -2.34. The number of fused-ring (bicyclic) bond motifs is 2. The fourth-order valence-corrected chi connectivity index (χ4v) is 6.97. The third kappa shape index (κ3) is 2.94. The first kappa shape index (κ1) is 16.7. The van der Waals surface area contributed by atoms with Gasteiger partial charge in [-0.1, -0.05) is 0 Å². The van der Waals surface area contributed by atoms with Crippen LogP contribution in [0.15, 0.2) is 20.1 Å². The van der Waals surface area contributed by atoms with Crippen molar-refractivity contribution in [2.24, 2.45) is 0 Å². The Labute approximate surface area is 138 Å². The summed E-state index contributed by atoms with van der Waals surface area (Å²) in [5, 5.41) is 5.35. The fraction of sp³-hybridized carbons (Fsp3) is 0.667. The maximum atomic E-state index is 12.6. The van der Waals surface area contributed by atoms with Crippen LogP contribution in [0.3, 0.4) is 0 Å². The Morgan fingerprint density at radius 2 is 1.95 bits per heavy atom. The first-order chi connectivity index (χ1) is 8.98. The summed E-state index contributed by atoms with van der Waals surface area (Å²) in [5.41, 5.74) is 0. The number of hydrogen-bond acceptors (Lipinski definition) is 4. The molecule has 2 bridgehead atoms. The Hall–Kier alpha value is 0.340. The highest BCUT2D eigenvalue weighted by Crippen LogP contribution is 2.35. The summed E-state index contributed by atoms with van der Waals surface area (Å²) in [6, 6.07) is 2.90. The quantitative estimate of drug-likeness (QED) is 0.847. The van der Waals surface area contributed by atoms with Gasteiger partial charge < -0.3 is 5.32 Å². The van der Waals surface area contributed by atoms with Crippen molar-refractivity contribution in [2.75, 3.05) is 7.05 Å². The number of piperidine rings is 1. The van der Waals surface area contributed by atoms with E-state index >= 15 is 0 Å². The van der Waals surface area contributed by atoms with E-state index < -0.39 is 10.0 Å². The van der Waals surface area contributed by atoms with E-state index in [1.54, 1.807) is 22.8 Å². The molecule has 2 fully saturated rings. The maximum Gasteiger partial charge on any atom is 0.253 e. The highest BCUT2D eigenvalue weighted by molar-refractivity contribution is 9.10. The van der Waals surface area contributed by atoms with Crippen LogP contribution < -0.4 is 5.32 Å². The zero-order chi connectivity index (χ0) is 13.6. The highest BCUT2D eigenvalue weighted by atomic mass is 79.9. The summed E-state index contributed by atoms with van der Waals surface area (Å²) in [5.74, 6) is 0. The first-order valence-corrected chi connectivity index (χ1v) is 9.57. The molecule has 3 rings (SSSR count). The van der Waals surface area contributed by atoms with E-state index in [0.29, 0.717) is 20.8 Å². The SMILES string of the molecule is CN(C1CC2CCC(C1)N2)S(=O)(=O)c1sccc1Br.Cl. The van der Waals surface area contributed by atoms with Gasteiger partial charge in [-0.3, -0.25) is 0 Å². The normalized spacial score (nSPS) is 29.4. The Bertz CT molecular complexity index is 566. The first-order valence-electron chi connectivity index (χ1n) is 6.45. The van der Waals surface area contributed by atoms with E-state index in [9.17, 15) is 8.42 Å². The number of nitrogens with one attached hydrogen (secondary N) is 1. The van der Waals surface area contributed by atoms with Crippen molar-refractivity contribution in [3.63, 3.8) is 0 Å². The topological polar surface area (TPSA) is 49.4 Å². The van der Waals surface area contributed by atoms with E-state index in [1.807, 2.05) is 0 Å². The van der Waals surface area contributed by atoms with Gasteiger partial charge in [-0.2, -0.15) is 4.31 Å². The molecule has 1 aromatic rings. The number of thiophene rings is 1. The maximum absolute atomic E-state index is 12.6. The van der Waals surface area contributed by atoms with Crippen molar-refractivity contribution >= 4 is 49.7 Å². The smallest absolute Gasteiger partial charge is 0.253 e. The summed E-state index contributed by atoms with van der Waals surface area (Å²) in [6.07, 6.45) is 4.21. The van der Waals surface area contributed by atoms with Crippen molar-refractivity contribution < 1.29 is 8.42 Å². The van der Waals surface area contributed by atoms with Gasteiger partial charge in [0, 0.05) is 29.6 Å². The van der Waals surface area contributed by atoms with Crippen LogP contribution in [-0.2, 0) is 10.0 Å². The van der Waals surface area contributed by atoms with Crippen LogP contribution in [0, 0.1) is 0 Å². The van der Waals surface area contributed by atoms with Gasteiger partial charge in [0.1, 0.15) is 4.21 Å². The Morgan fingerprint density at radius 3 is 2.45 bits per heavy atom. The molecule has 0 aliphatic carbocycles. The average molecular weight is 402 g/mol. The molecule has 0 amide bonds. The van der Waals surface area contributed by atoms with Crippen LogP contribution in [0.2, 0.25) is 0 Å². The van der Waals surface area contributed by atoms with Crippen molar-refractivity contribution in [3.05, 3.63) is 15.9 Å². The number of sulfonamides is 1. The van der Waals surface area contributed by atoms with E-state index in [0.717, 1.165) is 12.8 Å². The molecule has 2 atom stereocenters. The van der Waals surface area contributed by atoms with E-state index in [1.165, 1.54) is 24.2 Å². The molecule has 8 heteroatoms. The molecule has 1 N–H and O–H groups in total. The zero-order valence-corrected chi connectivity index (χ0v) is 15.1. The predicted molar refractivity (Wildman–Crippen MR) is 87.2 cm³/mol. The summed E-state index contributed by atoms with van der Waals surface area (Å²) < 4.78 is 27.9. The lowest BCUT2D eigenvalue weighted by Crippen LogP contribution is -2.48. The van der Waals surface area contributed by atoms with Gasteiger partial charge in [0.15, 0.2) is 0 Å². The molecule has 2 unspecified atom stereocenters. The predicted octanol–water partition coefficient (Wildman–Crippen LogP) is 2.84. The van der Waals surface area contributed by atoms with Crippen LogP contribution in [0.5, 0.6) is 0 Å². The van der Waals surface area contributed by atoms with Crippen molar-refractivity contribution in [1.29, 1.82) is 0 Å². The summed E-state index contributed by atoms with van der Waals surface area (Å²) in [6.45, 7) is 0. The van der Waals surface area contributed by atoms with Gasteiger partial charge in [0.2, 0.25) is 0 Å². The fourth-order valence-electron chi connectivity index (χ4n) is 3.12. The largest absolute Gasteiger partial charge is 0.311 e. The molecule has 2 aliphatic heterocycles. The number of halogens is 2. The second-order valence-electron chi connectivity index (χ2n) is 5.34. The van der Waals surface area contributed by atoms with E-state index in [-0.39, 0.29) is 18.4 Å². The van der Waals surface area contributed by atoms with Gasteiger partial charge >= 0.3 is 0 Å². The molecule has 2 saturated heterocycles. The Kier molecular flexibility index (Phi) is 5.20. The van der Waals surface area contributed by atoms with Crippen LogP contribution >= 0.6 is 39.7 Å². The number of hydrogen-bond donors (Lipinski definition) is 1. The van der Waals surface area contributed by atoms with Gasteiger partial charge in [-0.25, -0.2) is 8.42 Å². The summed E-state index contributed by atoms with van der Waals surface area (Å²) in [4.78, 5) is 0. The van der Waals surface area contributed by atoms with Crippen molar-refractivity contribution in [3.8, 4) is 0 Å². The molecule has 0 aromatic carbocycles. The molecule has 20 heavy (non-hydrogen) atoms. The molecule has 0 radical (unpaired) electrons. The molecule has 2 aliphatic rings. The van der Waals surface area contributed by atoms with Gasteiger partial charge in [0.25, 0.3) is 10.0 Å². The Balaban J connectivity index is 0.00000147. The standard InChI is InChI=1S/C12H17BrN2O2S2.ClH/c1-15(10-6-8-2-3-9(7-10)14-8)19(16,17)12-11(13)4-5-18-12;/h4-5,8-10,14H,2-3,6-7H2,1H3;1H. The lowest BCUT2D eigenvalue weighted by atomic mass is 10.0.